The smallest absolute Gasteiger partial charge is 0.302 e. The largest absolute Gasteiger partial charge is 0.493 e. The molecule has 1 saturated heterocycles. The van der Waals surface area contributed by atoms with E-state index in [0.29, 0.717) is 17.2 Å². The highest BCUT2D eigenvalue weighted by molar-refractivity contribution is 7.86. The first-order valence-corrected chi connectivity index (χ1v) is 8.25. The molecule has 1 aromatic rings. The van der Waals surface area contributed by atoms with Crippen molar-refractivity contribution < 1.29 is 26.6 Å². The van der Waals surface area contributed by atoms with E-state index in [9.17, 15) is 17.1 Å². The number of carbonyl (C=O) groups excluding carboxylic acids is 1. The van der Waals surface area contributed by atoms with Gasteiger partial charge in [-0.25, -0.2) is 0 Å². The molecule has 0 aromatic heterocycles. The van der Waals surface area contributed by atoms with Gasteiger partial charge in [0.15, 0.2) is 11.5 Å². The minimum atomic E-state index is -4.59. The van der Waals surface area contributed by atoms with Gasteiger partial charge in [-0.2, -0.15) is 8.42 Å². The maximum atomic E-state index is 12.8. The standard InChI is InChI=1S/C14H18FNO5S/c1-9-4-12(20-2)13(21-3)6-11(9)16-7-10(5-14(16)17)8-22(15,18)19/h4,6,10H,5,7-8H2,1-3H3. The molecule has 8 heteroatoms. The first kappa shape index (κ1) is 16.5. The second-order valence-corrected chi connectivity index (χ2v) is 6.68. The fraction of sp³-hybridized carbons (Fsp3) is 0.500. The third-order valence-electron chi connectivity index (χ3n) is 3.63. The number of ether oxygens (including phenoxy) is 2. The van der Waals surface area contributed by atoms with Crippen molar-refractivity contribution in [2.45, 2.75) is 13.3 Å². The molecule has 0 N–H and O–H groups in total. The van der Waals surface area contributed by atoms with Crippen LogP contribution in [0.1, 0.15) is 12.0 Å². The Morgan fingerprint density at radius 2 is 1.86 bits per heavy atom. The minimum Gasteiger partial charge on any atom is -0.493 e. The molecule has 1 atom stereocenters. The van der Waals surface area contributed by atoms with E-state index in [2.05, 4.69) is 0 Å². The number of nitrogens with zero attached hydrogens (tertiary/aromatic N) is 1. The van der Waals surface area contributed by atoms with E-state index in [0.717, 1.165) is 5.56 Å². The van der Waals surface area contributed by atoms with Crippen molar-refractivity contribution in [2.24, 2.45) is 5.92 Å². The molecule has 1 fully saturated rings. The quantitative estimate of drug-likeness (QED) is 0.767. The lowest BCUT2D eigenvalue weighted by molar-refractivity contribution is -0.117. The number of aryl methyl sites for hydroxylation is 1. The molecule has 0 radical (unpaired) electrons. The predicted octanol–water partition coefficient (Wildman–Crippen LogP) is 1.66. The van der Waals surface area contributed by atoms with E-state index in [1.165, 1.54) is 19.1 Å². The first-order chi connectivity index (χ1) is 10.2. The highest BCUT2D eigenvalue weighted by atomic mass is 32.3. The summed E-state index contributed by atoms with van der Waals surface area (Å²) in [6, 6.07) is 3.40. The normalized spacial score (nSPS) is 18.6. The number of carbonyl (C=O) groups is 1. The minimum absolute atomic E-state index is 0.0108. The maximum Gasteiger partial charge on any atom is 0.302 e. The maximum absolute atomic E-state index is 12.8. The van der Waals surface area contributed by atoms with Crippen LogP contribution in [-0.2, 0) is 15.0 Å². The van der Waals surface area contributed by atoms with Crippen molar-refractivity contribution in [3.05, 3.63) is 17.7 Å². The lowest BCUT2D eigenvalue weighted by Gasteiger charge is -2.21. The first-order valence-electron chi connectivity index (χ1n) is 6.70. The van der Waals surface area contributed by atoms with Gasteiger partial charge in [0.1, 0.15) is 0 Å². The molecule has 1 aromatic carbocycles. The van der Waals surface area contributed by atoms with Gasteiger partial charge in [0, 0.05) is 24.9 Å². The Morgan fingerprint density at radius 1 is 1.27 bits per heavy atom. The Labute approximate surface area is 129 Å². The van der Waals surface area contributed by atoms with Gasteiger partial charge in [-0.15, -0.1) is 3.89 Å². The van der Waals surface area contributed by atoms with Crippen LogP contribution in [0.15, 0.2) is 12.1 Å². The van der Waals surface area contributed by atoms with Gasteiger partial charge in [0.25, 0.3) is 0 Å². The molecule has 2 rings (SSSR count). The number of hydrogen-bond donors (Lipinski definition) is 0. The molecule has 1 amide bonds. The van der Waals surface area contributed by atoms with Crippen LogP contribution in [0.4, 0.5) is 9.57 Å². The van der Waals surface area contributed by atoms with E-state index in [4.69, 9.17) is 9.47 Å². The van der Waals surface area contributed by atoms with Gasteiger partial charge >= 0.3 is 10.2 Å². The summed E-state index contributed by atoms with van der Waals surface area (Å²) in [6.45, 7) is 1.97. The van der Waals surface area contributed by atoms with Gasteiger partial charge in [-0.1, -0.05) is 0 Å². The Hall–Kier alpha value is -1.83. The monoisotopic (exact) mass is 331 g/mol. The molecule has 22 heavy (non-hydrogen) atoms. The van der Waals surface area contributed by atoms with Crippen LogP contribution in [0, 0.1) is 12.8 Å². The number of halogens is 1. The van der Waals surface area contributed by atoms with E-state index in [-0.39, 0.29) is 18.9 Å². The number of hydrogen-bond acceptors (Lipinski definition) is 5. The summed E-state index contributed by atoms with van der Waals surface area (Å²) in [4.78, 5) is 13.6. The third-order valence-corrected chi connectivity index (χ3v) is 4.50. The van der Waals surface area contributed by atoms with E-state index in [1.54, 1.807) is 12.1 Å². The van der Waals surface area contributed by atoms with Crippen LogP contribution < -0.4 is 14.4 Å². The second-order valence-electron chi connectivity index (χ2n) is 5.27. The van der Waals surface area contributed by atoms with Gasteiger partial charge in [0.05, 0.1) is 25.7 Å². The van der Waals surface area contributed by atoms with E-state index < -0.39 is 21.9 Å². The molecule has 1 aliphatic rings. The van der Waals surface area contributed by atoms with Crippen LogP contribution in [0.25, 0.3) is 0 Å². The molecule has 122 valence electrons. The van der Waals surface area contributed by atoms with Crippen LogP contribution in [-0.4, -0.2) is 40.8 Å². The molecule has 0 spiro atoms. The van der Waals surface area contributed by atoms with E-state index >= 15 is 0 Å². The number of amides is 1. The Bertz CT molecular complexity index is 689. The summed E-state index contributed by atoms with van der Waals surface area (Å²) in [5.74, 6) is -0.406. The van der Waals surface area contributed by atoms with Crippen LogP contribution in [0.3, 0.4) is 0 Å². The summed E-state index contributed by atoms with van der Waals surface area (Å²) in [5.41, 5.74) is 1.40. The highest BCUT2D eigenvalue weighted by Crippen LogP contribution is 2.37. The zero-order chi connectivity index (χ0) is 16.5. The van der Waals surface area contributed by atoms with Crippen LogP contribution in [0.2, 0.25) is 0 Å². The lowest BCUT2D eigenvalue weighted by Crippen LogP contribution is -2.26. The molecule has 0 saturated carbocycles. The average Bonchev–Trinajstić information content (AvgIpc) is 2.76. The number of rotatable bonds is 5. The third kappa shape index (κ3) is 3.49. The van der Waals surface area contributed by atoms with Crippen LogP contribution >= 0.6 is 0 Å². The topological polar surface area (TPSA) is 72.9 Å². The highest BCUT2D eigenvalue weighted by Gasteiger charge is 2.34. The summed E-state index contributed by atoms with van der Waals surface area (Å²) in [7, 11) is -1.59. The van der Waals surface area contributed by atoms with Crippen molar-refractivity contribution in [1.82, 2.24) is 0 Å². The summed E-state index contributed by atoms with van der Waals surface area (Å²) in [6.07, 6.45) is 0.0108. The molecular formula is C14H18FNO5S. The van der Waals surface area contributed by atoms with Crippen molar-refractivity contribution >= 4 is 21.8 Å². The molecular weight excluding hydrogens is 313 g/mol. The van der Waals surface area contributed by atoms with Crippen LogP contribution in [0.5, 0.6) is 11.5 Å². The fourth-order valence-electron chi connectivity index (χ4n) is 2.67. The van der Waals surface area contributed by atoms with Gasteiger partial charge in [0.2, 0.25) is 5.91 Å². The summed E-state index contributed by atoms with van der Waals surface area (Å²) >= 11 is 0. The molecule has 0 aliphatic carbocycles. The van der Waals surface area contributed by atoms with Crippen molar-refractivity contribution in [3.63, 3.8) is 0 Å². The SMILES string of the molecule is COc1cc(C)c(N2CC(CS(=O)(=O)F)CC2=O)cc1OC. The number of anilines is 1. The van der Waals surface area contributed by atoms with Crippen molar-refractivity contribution in [2.75, 3.05) is 31.4 Å². The second kappa shape index (κ2) is 6.12. The summed E-state index contributed by atoms with van der Waals surface area (Å²) < 4.78 is 44.7. The van der Waals surface area contributed by atoms with Crippen molar-refractivity contribution in [3.8, 4) is 11.5 Å². The Morgan fingerprint density at radius 3 is 2.41 bits per heavy atom. The lowest BCUT2D eigenvalue weighted by atomic mass is 10.1. The zero-order valence-electron chi connectivity index (χ0n) is 12.6. The van der Waals surface area contributed by atoms with E-state index in [1.807, 2.05) is 6.92 Å². The van der Waals surface area contributed by atoms with Crippen molar-refractivity contribution in [1.29, 1.82) is 0 Å². The van der Waals surface area contributed by atoms with Gasteiger partial charge in [-0.3, -0.25) is 4.79 Å². The predicted molar refractivity (Wildman–Crippen MR) is 79.6 cm³/mol. The number of benzene rings is 1. The zero-order valence-corrected chi connectivity index (χ0v) is 13.4. The van der Waals surface area contributed by atoms with Gasteiger partial charge < -0.3 is 14.4 Å². The molecule has 1 heterocycles. The van der Waals surface area contributed by atoms with Gasteiger partial charge in [-0.05, 0) is 18.6 Å². The summed E-state index contributed by atoms with van der Waals surface area (Å²) in [5, 5.41) is 0. The number of methoxy groups -OCH3 is 2. The molecule has 6 nitrogen and oxygen atoms in total. The Balaban J connectivity index is 2.30. The Kier molecular flexibility index (Phi) is 4.60. The molecule has 1 unspecified atom stereocenters. The molecule has 1 aliphatic heterocycles. The fourth-order valence-corrected chi connectivity index (χ4v) is 3.45. The molecule has 0 bridgehead atoms. The average molecular weight is 331 g/mol.